The van der Waals surface area contributed by atoms with E-state index in [1.54, 1.807) is 4.57 Å². The molecule has 4 aromatic rings. The van der Waals surface area contributed by atoms with Gasteiger partial charge in [-0.15, -0.1) is 10.2 Å². The molecule has 2 aromatic heterocycles. The second kappa shape index (κ2) is 10.1. The van der Waals surface area contributed by atoms with Gasteiger partial charge in [0.15, 0.2) is 5.16 Å². The van der Waals surface area contributed by atoms with Gasteiger partial charge in [-0.05, 0) is 37.6 Å². The minimum Gasteiger partial charge on any atom is -0.320 e. The van der Waals surface area contributed by atoms with Crippen molar-refractivity contribution in [1.82, 2.24) is 19.7 Å². The first-order valence-corrected chi connectivity index (χ1v) is 12.2. The van der Waals surface area contributed by atoms with Crippen LogP contribution in [0.25, 0.3) is 10.9 Å². The molecule has 1 amide bonds. The Hall–Kier alpha value is -3.04. The van der Waals surface area contributed by atoms with Crippen LogP contribution in [0.5, 0.6) is 0 Å². The van der Waals surface area contributed by atoms with Crippen molar-refractivity contribution in [3.05, 3.63) is 74.5 Å². The number of rotatable bonds is 8. The first-order chi connectivity index (χ1) is 15.5. The summed E-state index contributed by atoms with van der Waals surface area (Å²) in [7, 11) is 0. The highest BCUT2D eigenvalue weighted by Gasteiger charge is 2.16. The molecule has 0 aliphatic carbocycles. The maximum absolute atomic E-state index is 13.0. The molecule has 0 radical (unpaired) electrons. The molecule has 2 heterocycles. The molecular weight excluding hydrogens is 442 g/mol. The Morgan fingerprint density at radius 1 is 1.12 bits per heavy atom. The van der Waals surface area contributed by atoms with E-state index in [2.05, 4.69) is 22.4 Å². The molecule has 2 aromatic carbocycles. The van der Waals surface area contributed by atoms with Crippen molar-refractivity contribution in [3.8, 4) is 0 Å². The van der Waals surface area contributed by atoms with Gasteiger partial charge in [-0.25, -0.2) is 4.98 Å². The van der Waals surface area contributed by atoms with Crippen LogP contribution < -0.4 is 10.9 Å². The Balaban J connectivity index is 1.50. The monoisotopic (exact) mass is 465 g/mol. The highest BCUT2D eigenvalue weighted by molar-refractivity contribution is 7.98. The van der Waals surface area contributed by atoms with Gasteiger partial charge in [0, 0.05) is 12.2 Å². The molecule has 0 spiro atoms. The summed E-state index contributed by atoms with van der Waals surface area (Å²) in [5, 5.41) is 13.3. The second-order valence-corrected chi connectivity index (χ2v) is 9.34. The summed E-state index contributed by atoms with van der Waals surface area (Å²) >= 11 is 2.68. The van der Waals surface area contributed by atoms with Gasteiger partial charge in [0.1, 0.15) is 5.01 Å². The summed E-state index contributed by atoms with van der Waals surface area (Å²) in [6, 6.07) is 15.0. The summed E-state index contributed by atoms with van der Waals surface area (Å²) in [4.78, 5) is 30.2. The lowest BCUT2D eigenvalue weighted by molar-refractivity contribution is 0.102. The molecule has 0 unspecified atom stereocenters. The van der Waals surface area contributed by atoms with Crippen molar-refractivity contribution in [3.63, 3.8) is 0 Å². The summed E-state index contributed by atoms with van der Waals surface area (Å²) in [5.41, 5.74) is 2.50. The average molecular weight is 466 g/mol. The first kappa shape index (κ1) is 22.2. The number of hydrogen-bond donors (Lipinski definition) is 1. The quantitative estimate of drug-likeness (QED) is 0.294. The van der Waals surface area contributed by atoms with E-state index >= 15 is 0 Å². The topological polar surface area (TPSA) is 89.8 Å². The molecule has 7 nitrogen and oxygen atoms in total. The third kappa shape index (κ3) is 5.05. The standard InChI is InChI=1S/C23H23N5O2S2/c1-3-4-13-28-22(30)17-7-5-6-8-18(17)25-23(28)31-14-19-26-27-21(32-19)20(29)24-16-11-9-15(2)10-12-16/h5-12H,3-4,13-14H2,1-2H3,(H,24,29). The van der Waals surface area contributed by atoms with E-state index in [-0.39, 0.29) is 11.5 Å². The first-order valence-electron chi connectivity index (χ1n) is 10.4. The fourth-order valence-electron chi connectivity index (χ4n) is 3.12. The highest BCUT2D eigenvalue weighted by Crippen LogP contribution is 2.24. The zero-order valence-corrected chi connectivity index (χ0v) is 19.5. The van der Waals surface area contributed by atoms with E-state index in [1.807, 2.05) is 55.5 Å². The summed E-state index contributed by atoms with van der Waals surface area (Å²) in [6.45, 7) is 4.71. The maximum atomic E-state index is 13.0. The number of unbranched alkanes of at least 4 members (excludes halogenated alkanes) is 1. The van der Waals surface area contributed by atoms with Crippen LogP contribution in [0.3, 0.4) is 0 Å². The van der Waals surface area contributed by atoms with E-state index in [0.29, 0.717) is 44.1 Å². The van der Waals surface area contributed by atoms with Gasteiger partial charge in [-0.1, -0.05) is 66.3 Å². The number of para-hydroxylation sites is 1. The van der Waals surface area contributed by atoms with Gasteiger partial charge < -0.3 is 5.32 Å². The zero-order chi connectivity index (χ0) is 22.5. The number of thioether (sulfide) groups is 1. The van der Waals surface area contributed by atoms with Gasteiger partial charge in [0.25, 0.3) is 11.5 Å². The summed E-state index contributed by atoms with van der Waals surface area (Å²) in [6.07, 6.45) is 1.88. The number of carbonyl (C=O) groups is 1. The Labute approximate surface area is 193 Å². The molecule has 9 heteroatoms. The van der Waals surface area contributed by atoms with Crippen LogP contribution in [0, 0.1) is 6.92 Å². The van der Waals surface area contributed by atoms with Crippen LogP contribution in [0.2, 0.25) is 0 Å². The molecule has 0 bridgehead atoms. The smallest absolute Gasteiger partial charge is 0.286 e. The number of aryl methyl sites for hydroxylation is 1. The lowest BCUT2D eigenvalue weighted by atomic mass is 10.2. The lowest BCUT2D eigenvalue weighted by Crippen LogP contribution is -2.23. The molecule has 0 fully saturated rings. The van der Waals surface area contributed by atoms with Crippen LogP contribution in [-0.2, 0) is 12.3 Å². The van der Waals surface area contributed by atoms with Gasteiger partial charge in [-0.3, -0.25) is 14.2 Å². The molecule has 4 rings (SSSR count). The minimum absolute atomic E-state index is 0.0259. The fourth-order valence-corrected chi connectivity index (χ4v) is 4.87. The number of nitrogens with zero attached hydrogens (tertiary/aromatic N) is 4. The number of anilines is 1. The van der Waals surface area contributed by atoms with Crippen LogP contribution in [0.4, 0.5) is 5.69 Å². The predicted molar refractivity (Wildman–Crippen MR) is 130 cm³/mol. The molecular formula is C23H23N5O2S2. The zero-order valence-electron chi connectivity index (χ0n) is 17.9. The number of benzene rings is 2. The molecule has 32 heavy (non-hydrogen) atoms. The van der Waals surface area contributed by atoms with Gasteiger partial charge in [-0.2, -0.15) is 0 Å². The van der Waals surface area contributed by atoms with Crippen molar-refractivity contribution >= 4 is 45.6 Å². The third-order valence-electron chi connectivity index (χ3n) is 4.86. The molecule has 0 saturated heterocycles. The van der Waals surface area contributed by atoms with E-state index in [0.717, 1.165) is 18.4 Å². The number of fused-ring (bicyclic) bond motifs is 1. The van der Waals surface area contributed by atoms with Crippen LogP contribution in [0.1, 0.15) is 40.1 Å². The molecule has 164 valence electrons. The second-order valence-electron chi connectivity index (χ2n) is 7.33. The normalized spacial score (nSPS) is 11.1. The Kier molecular flexibility index (Phi) is 6.96. The Bertz CT molecular complexity index is 1300. The SMILES string of the molecule is CCCCn1c(SCc2nnc(C(=O)Nc3ccc(C)cc3)s2)nc2ccccc2c1=O. The van der Waals surface area contributed by atoms with E-state index in [4.69, 9.17) is 4.98 Å². The number of carbonyl (C=O) groups excluding carboxylic acids is 1. The summed E-state index contributed by atoms with van der Waals surface area (Å²) < 4.78 is 1.74. The van der Waals surface area contributed by atoms with Crippen LogP contribution in [0.15, 0.2) is 58.5 Å². The van der Waals surface area contributed by atoms with Crippen molar-refractivity contribution in [2.75, 3.05) is 5.32 Å². The summed E-state index contributed by atoms with van der Waals surface area (Å²) in [5.74, 6) is 0.193. The van der Waals surface area contributed by atoms with Gasteiger partial charge in [0.05, 0.1) is 16.7 Å². The number of amides is 1. The van der Waals surface area contributed by atoms with Crippen molar-refractivity contribution in [2.24, 2.45) is 0 Å². The fraction of sp³-hybridized carbons (Fsp3) is 0.261. The van der Waals surface area contributed by atoms with Crippen molar-refractivity contribution in [1.29, 1.82) is 0 Å². The van der Waals surface area contributed by atoms with E-state index in [1.165, 1.54) is 23.1 Å². The van der Waals surface area contributed by atoms with E-state index in [9.17, 15) is 9.59 Å². The molecule has 0 aliphatic rings. The molecule has 0 saturated carbocycles. The largest absolute Gasteiger partial charge is 0.320 e. The van der Waals surface area contributed by atoms with Crippen LogP contribution >= 0.6 is 23.1 Å². The minimum atomic E-state index is -0.286. The van der Waals surface area contributed by atoms with Crippen molar-refractivity contribution in [2.45, 2.75) is 44.1 Å². The lowest BCUT2D eigenvalue weighted by Gasteiger charge is -2.12. The Morgan fingerprint density at radius 2 is 1.91 bits per heavy atom. The number of nitrogens with one attached hydrogen (secondary N) is 1. The van der Waals surface area contributed by atoms with E-state index < -0.39 is 0 Å². The van der Waals surface area contributed by atoms with Crippen LogP contribution in [-0.4, -0.2) is 25.7 Å². The van der Waals surface area contributed by atoms with Gasteiger partial charge in [0.2, 0.25) is 5.01 Å². The predicted octanol–water partition coefficient (Wildman–Crippen LogP) is 4.90. The number of aromatic nitrogens is 4. The average Bonchev–Trinajstić information content (AvgIpc) is 3.28. The third-order valence-corrected chi connectivity index (χ3v) is 6.95. The highest BCUT2D eigenvalue weighted by atomic mass is 32.2. The Morgan fingerprint density at radius 3 is 2.69 bits per heavy atom. The van der Waals surface area contributed by atoms with Gasteiger partial charge >= 0.3 is 0 Å². The van der Waals surface area contributed by atoms with Crippen molar-refractivity contribution < 1.29 is 4.79 Å². The number of hydrogen-bond acceptors (Lipinski definition) is 7. The molecule has 1 N–H and O–H groups in total. The molecule has 0 aliphatic heterocycles. The maximum Gasteiger partial charge on any atom is 0.286 e. The molecule has 0 atom stereocenters.